The maximum absolute atomic E-state index is 3.56. The van der Waals surface area contributed by atoms with Gasteiger partial charge in [0.1, 0.15) is 0 Å². The van der Waals surface area contributed by atoms with Gasteiger partial charge in [-0.3, -0.25) is 0 Å². The van der Waals surface area contributed by atoms with Crippen molar-refractivity contribution in [2.45, 2.75) is 53.9 Å². The molecule has 0 aliphatic carbocycles. The van der Waals surface area contributed by atoms with E-state index in [1.165, 1.54) is 38.9 Å². The van der Waals surface area contributed by atoms with Crippen LogP contribution in [0.4, 0.5) is 0 Å². The van der Waals surface area contributed by atoms with Crippen molar-refractivity contribution >= 4 is 0 Å². The normalized spacial score (nSPS) is 29.2. The molecule has 0 aromatic heterocycles. The van der Waals surface area contributed by atoms with E-state index in [1.54, 1.807) is 0 Å². The summed E-state index contributed by atoms with van der Waals surface area (Å²) in [5.41, 5.74) is 0.449. The van der Waals surface area contributed by atoms with E-state index in [0.29, 0.717) is 5.41 Å². The van der Waals surface area contributed by atoms with E-state index in [2.05, 4.69) is 44.8 Å². The van der Waals surface area contributed by atoms with Crippen molar-refractivity contribution in [3.63, 3.8) is 0 Å². The predicted octanol–water partition coefficient (Wildman–Crippen LogP) is 3.38. The van der Waals surface area contributed by atoms with Gasteiger partial charge in [-0.25, -0.2) is 0 Å². The minimum absolute atomic E-state index is 0.449. The molecule has 108 valence electrons. The van der Waals surface area contributed by atoms with Crippen LogP contribution in [0, 0.1) is 17.3 Å². The SMILES string of the molecule is CCCC(C)(CNCC)CN1CCC(C)C(C)C1. The molecule has 0 saturated carbocycles. The quantitative estimate of drug-likeness (QED) is 0.749. The smallest absolute Gasteiger partial charge is 0.00476 e. The summed E-state index contributed by atoms with van der Waals surface area (Å²) in [7, 11) is 0. The van der Waals surface area contributed by atoms with Gasteiger partial charge in [-0.05, 0) is 43.2 Å². The molecule has 1 aliphatic rings. The van der Waals surface area contributed by atoms with E-state index >= 15 is 0 Å². The molecule has 1 N–H and O–H groups in total. The Balaban J connectivity index is 2.49. The number of piperidine rings is 1. The third kappa shape index (κ3) is 4.89. The van der Waals surface area contributed by atoms with Gasteiger partial charge in [-0.15, -0.1) is 0 Å². The highest BCUT2D eigenvalue weighted by molar-refractivity contribution is 4.84. The lowest BCUT2D eigenvalue weighted by atomic mass is 9.82. The number of hydrogen-bond acceptors (Lipinski definition) is 2. The summed E-state index contributed by atoms with van der Waals surface area (Å²) in [6.07, 6.45) is 4.01. The molecule has 0 amide bonds. The Morgan fingerprint density at radius 3 is 2.50 bits per heavy atom. The van der Waals surface area contributed by atoms with Crippen LogP contribution < -0.4 is 5.32 Å². The van der Waals surface area contributed by atoms with Gasteiger partial charge in [0.15, 0.2) is 0 Å². The van der Waals surface area contributed by atoms with Crippen LogP contribution in [0.2, 0.25) is 0 Å². The Kier molecular flexibility index (Phi) is 6.65. The van der Waals surface area contributed by atoms with Gasteiger partial charge in [-0.1, -0.05) is 41.0 Å². The fourth-order valence-corrected chi connectivity index (χ4v) is 3.29. The molecule has 1 aliphatic heterocycles. The Hall–Kier alpha value is -0.0800. The standard InChI is InChI=1S/C16H34N2/c1-6-9-16(5,12-17-7-2)13-18-10-8-14(3)15(4)11-18/h14-15,17H,6-13H2,1-5H3. The predicted molar refractivity (Wildman–Crippen MR) is 80.9 cm³/mol. The van der Waals surface area contributed by atoms with E-state index in [-0.39, 0.29) is 0 Å². The van der Waals surface area contributed by atoms with E-state index < -0.39 is 0 Å². The molecule has 1 heterocycles. The average molecular weight is 254 g/mol. The molecule has 2 heteroatoms. The topological polar surface area (TPSA) is 15.3 Å². The molecular weight excluding hydrogens is 220 g/mol. The number of rotatable bonds is 7. The van der Waals surface area contributed by atoms with Gasteiger partial charge in [0.25, 0.3) is 0 Å². The molecule has 18 heavy (non-hydrogen) atoms. The molecule has 3 atom stereocenters. The summed E-state index contributed by atoms with van der Waals surface area (Å²) < 4.78 is 0. The Morgan fingerprint density at radius 2 is 1.94 bits per heavy atom. The molecular formula is C16H34N2. The molecule has 3 unspecified atom stereocenters. The number of nitrogens with zero attached hydrogens (tertiary/aromatic N) is 1. The van der Waals surface area contributed by atoms with E-state index in [9.17, 15) is 0 Å². The lowest BCUT2D eigenvalue weighted by Gasteiger charge is -2.41. The fraction of sp³-hybridized carbons (Fsp3) is 1.00. The molecule has 1 fully saturated rings. The van der Waals surface area contributed by atoms with E-state index in [0.717, 1.165) is 24.9 Å². The molecule has 2 nitrogen and oxygen atoms in total. The van der Waals surface area contributed by atoms with Gasteiger partial charge in [0.2, 0.25) is 0 Å². The molecule has 0 spiro atoms. The second kappa shape index (κ2) is 7.49. The van der Waals surface area contributed by atoms with E-state index in [4.69, 9.17) is 0 Å². The van der Waals surface area contributed by atoms with Crippen LogP contribution in [0.25, 0.3) is 0 Å². The van der Waals surface area contributed by atoms with Crippen LogP contribution in [0.15, 0.2) is 0 Å². The van der Waals surface area contributed by atoms with E-state index in [1.807, 2.05) is 0 Å². The summed E-state index contributed by atoms with van der Waals surface area (Å²) in [6, 6.07) is 0. The number of hydrogen-bond donors (Lipinski definition) is 1. The molecule has 0 aromatic rings. The highest BCUT2D eigenvalue weighted by atomic mass is 15.1. The van der Waals surface area contributed by atoms with Crippen molar-refractivity contribution in [2.75, 3.05) is 32.7 Å². The average Bonchev–Trinajstić information content (AvgIpc) is 2.32. The zero-order valence-corrected chi connectivity index (χ0v) is 13.3. The zero-order valence-electron chi connectivity index (χ0n) is 13.3. The monoisotopic (exact) mass is 254 g/mol. The van der Waals surface area contributed by atoms with Crippen molar-refractivity contribution in [3.8, 4) is 0 Å². The van der Waals surface area contributed by atoms with Crippen LogP contribution in [0.3, 0.4) is 0 Å². The third-order valence-corrected chi connectivity index (χ3v) is 4.68. The van der Waals surface area contributed by atoms with Crippen molar-refractivity contribution < 1.29 is 0 Å². The zero-order chi connectivity index (χ0) is 13.6. The van der Waals surface area contributed by atoms with Crippen molar-refractivity contribution in [1.82, 2.24) is 10.2 Å². The second-order valence-corrected chi connectivity index (χ2v) is 6.82. The Labute approximate surface area is 115 Å². The van der Waals surface area contributed by atoms with Crippen LogP contribution in [0.1, 0.15) is 53.9 Å². The van der Waals surface area contributed by atoms with Crippen LogP contribution in [-0.2, 0) is 0 Å². The summed E-state index contributed by atoms with van der Waals surface area (Å²) >= 11 is 0. The minimum Gasteiger partial charge on any atom is -0.316 e. The van der Waals surface area contributed by atoms with Gasteiger partial charge in [0, 0.05) is 19.6 Å². The second-order valence-electron chi connectivity index (χ2n) is 6.82. The first-order chi connectivity index (χ1) is 8.50. The first-order valence-electron chi connectivity index (χ1n) is 7.94. The molecule has 1 saturated heterocycles. The summed E-state index contributed by atoms with van der Waals surface area (Å²) in [6.45, 7) is 17.9. The highest BCUT2D eigenvalue weighted by Crippen LogP contribution is 2.28. The molecule has 0 aromatic carbocycles. The summed E-state index contributed by atoms with van der Waals surface area (Å²) in [4.78, 5) is 2.71. The fourth-order valence-electron chi connectivity index (χ4n) is 3.29. The van der Waals surface area contributed by atoms with Gasteiger partial charge in [0.05, 0.1) is 0 Å². The maximum atomic E-state index is 3.56. The lowest BCUT2D eigenvalue weighted by molar-refractivity contribution is 0.0846. The third-order valence-electron chi connectivity index (χ3n) is 4.68. The lowest BCUT2D eigenvalue weighted by Crippen LogP contribution is -2.47. The van der Waals surface area contributed by atoms with Crippen LogP contribution >= 0.6 is 0 Å². The highest BCUT2D eigenvalue weighted by Gasteiger charge is 2.29. The molecule has 1 rings (SSSR count). The maximum Gasteiger partial charge on any atom is 0.00476 e. The largest absolute Gasteiger partial charge is 0.316 e. The van der Waals surface area contributed by atoms with Gasteiger partial charge < -0.3 is 10.2 Å². The molecule has 0 bridgehead atoms. The van der Waals surface area contributed by atoms with Gasteiger partial charge >= 0.3 is 0 Å². The van der Waals surface area contributed by atoms with Gasteiger partial charge in [-0.2, -0.15) is 0 Å². The first kappa shape index (κ1) is 16.0. The van der Waals surface area contributed by atoms with Crippen molar-refractivity contribution in [2.24, 2.45) is 17.3 Å². The minimum atomic E-state index is 0.449. The Bertz CT molecular complexity index is 229. The first-order valence-corrected chi connectivity index (χ1v) is 7.94. The summed E-state index contributed by atoms with van der Waals surface area (Å²) in [5.74, 6) is 1.77. The Morgan fingerprint density at radius 1 is 1.22 bits per heavy atom. The van der Waals surface area contributed by atoms with Crippen LogP contribution in [0.5, 0.6) is 0 Å². The van der Waals surface area contributed by atoms with Crippen molar-refractivity contribution in [1.29, 1.82) is 0 Å². The molecule has 0 radical (unpaired) electrons. The number of nitrogens with one attached hydrogen (secondary N) is 1. The van der Waals surface area contributed by atoms with Crippen molar-refractivity contribution in [3.05, 3.63) is 0 Å². The van der Waals surface area contributed by atoms with Crippen LogP contribution in [-0.4, -0.2) is 37.6 Å². The number of likely N-dealkylation sites (tertiary alicyclic amines) is 1. The summed E-state index contributed by atoms with van der Waals surface area (Å²) in [5, 5.41) is 3.56.